The molecule has 0 aliphatic carbocycles. The van der Waals surface area contributed by atoms with Crippen LogP contribution in [0.4, 0.5) is 10.1 Å². The number of carbonyl (C=O) groups excluding carboxylic acids is 3. The fourth-order valence-corrected chi connectivity index (χ4v) is 4.14. The summed E-state index contributed by atoms with van der Waals surface area (Å²) in [6.07, 6.45) is 1.04. The molecule has 2 aromatic rings. The molecule has 6 nitrogen and oxygen atoms in total. The van der Waals surface area contributed by atoms with Crippen LogP contribution in [-0.2, 0) is 27.3 Å². The Bertz CT molecular complexity index is 1070. The van der Waals surface area contributed by atoms with Crippen molar-refractivity contribution in [2.75, 3.05) is 4.90 Å². The Morgan fingerprint density at radius 1 is 1.12 bits per heavy atom. The van der Waals surface area contributed by atoms with Gasteiger partial charge in [0.2, 0.25) is 11.8 Å². The highest BCUT2D eigenvalue weighted by Crippen LogP contribution is 2.33. The maximum Gasteiger partial charge on any atom is 0.250 e. The number of aryl methyl sites for hydroxylation is 1. The van der Waals surface area contributed by atoms with E-state index < -0.39 is 12.1 Å². The molecule has 2 aromatic carbocycles. The molecule has 0 aromatic heterocycles. The molecule has 3 amide bonds. The topological polar surface area (TPSA) is 78.5 Å². The van der Waals surface area contributed by atoms with Gasteiger partial charge in [0.15, 0.2) is 0 Å². The third-order valence-corrected chi connectivity index (χ3v) is 6.57. The van der Waals surface area contributed by atoms with Gasteiger partial charge in [-0.05, 0) is 54.2 Å². The van der Waals surface area contributed by atoms with Crippen LogP contribution in [0.2, 0.25) is 0 Å². The van der Waals surface area contributed by atoms with Gasteiger partial charge < -0.3 is 10.6 Å². The molecule has 0 spiro atoms. The van der Waals surface area contributed by atoms with Crippen LogP contribution < -0.4 is 15.5 Å². The summed E-state index contributed by atoms with van der Waals surface area (Å²) in [6, 6.07) is 10.4. The molecular weight excluding hydrogens is 433 g/mol. The van der Waals surface area contributed by atoms with Crippen LogP contribution in [0.3, 0.4) is 0 Å². The first-order chi connectivity index (χ1) is 16.1. The summed E-state index contributed by atoms with van der Waals surface area (Å²) in [7, 11) is 0. The van der Waals surface area contributed by atoms with E-state index in [1.807, 2.05) is 58.9 Å². The molecule has 182 valence electrons. The number of halogens is 1. The van der Waals surface area contributed by atoms with Crippen molar-refractivity contribution in [2.24, 2.45) is 11.8 Å². The summed E-state index contributed by atoms with van der Waals surface area (Å²) in [5.41, 5.74) is 3.13. The van der Waals surface area contributed by atoms with Crippen molar-refractivity contribution < 1.29 is 18.8 Å². The lowest BCUT2D eigenvalue weighted by atomic mass is 10.00. The molecular formula is C27H34FN3O3. The average molecular weight is 468 g/mol. The van der Waals surface area contributed by atoms with E-state index in [-0.39, 0.29) is 41.9 Å². The molecule has 3 atom stereocenters. The molecule has 1 aliphatic heterocycles. The Balaban J connectivity index is 1.85. The fourth-order valence-electron chi connectivity index (χ4n) is 4.14. The number of hydrogen-bond donors (Lipinski definition) is 2. The molecule has 0 saturated carbocycles. The number of fused-ring (bicyclic) bond motifs is 1. The number of nitrogens with one attached hydrogen (secondary N) is 2. The Morgan fingerprint density at radius 3 is 2.50 bits per heavy atom. The number of para-hydroxylation sites is 1. The molecule has 7 heteroatoms. The second kappa shape index (κ2) is 10.8. The third-order valence-electron chi connectivity index (χ3n) is 6.57. The van der Waals surface area contributed by atoms with Gasteiger partial charge >= 0.3 is 0 Å². The molecule has 34 heavy (non-hydrogen) atoms. The third kappa shape index (κ3) is 5.46. The van der Waals surface area contributed by atoms with Gasteiger partial charge in [-0.2, -0.15) is 0 Å². The SMILES string of the molecule is CC[C@@H](C)C(=O)N[C@H](C(=O)N1c2ccccc2C[C@H]1C(=O)NCc1cc(F)ccc1C)C(C)C. The largest absolute Gasteiger partial charge is 0.350 e. The van der Waals surface area contributed by atoms with E-state index in [0.717, 1.165) is 11.1 Å². The van der Waals surface area contributed by atoms with Crippen LogP contribution in [0.1, 0.15) is 50.8 Å². The minimum atomic E-state index is -0.756. The molecule has 1 aliphatic rings. The maximum absolute atomic E-state index is 13.8. The molecule has 0 saturated heterocycles. The number of carbonyl (C=O) groups is 3. The van der Waals surface area contributed by atoms with Crippen LogP contribution in [0.25, 0.3) is 0 Å². The fraction of sp³-hybridized carbons (Fsp3) is 0.444. The summed E-state index contributed by atoms with van der Waals surface area (Å²) in [6.45, 7) is 9.53. The van der Waals surface area contributed by atoms with Gasteiger partial charge in [-0.25, -0.2) is 4.39 Å². The Kier molecular flexibility index (Phi) is 8.07. The summed E-state index contributed by atoms with van der Waals surface area (Å²) in [5.74, 6) is -1.54. The first-order valence-electron chi connectivity index (χ1n) is 11.9. The van der Waals surface area contributed by atoms with Crippen molar-refractivity contribution >= 4 is 23.4 Å². The highest BCUT2D eigenvalue weighted by Gasteiger charge is 2.42. The highest BCUT2D eigenvalue weighted by atomic mass is 19.1. The Hall–Kier alpha value is -3.22. The summed E-state index contributed by atoms with van der Waals surface area (Å²) < 4.78 is 13.7. The van der Waals surface area contributed by atoms with Crippen molar-refractivity contribution in [1.29, 1.82) is 0 Å². The van der Waals surface area contributed by atoms with E-state index in [9.17, 15) is 18.8 Å². The highest BCUT2D eigenvalue weighted by molar-refractivity contribution is 6.06. The monoisotopic (exact) mass is 467 g/mol. The zero-order valence-corrected chi connectivity index (χ0v) is 20.5. The summed E-state index contributed by atoms with van der Waals surface area (Å²) >= 11 is 0. The molecule has 0 unspecified atom stereocenters. The van der Waals surface area contributed by atoms with Crippen molar-refractivity contribution in [3.63, 3.8) is 0 Å². The Morgan fingerprint density at radius 2 is 1.82 bits per heavy atom. The van der Waals surface area contributed by atoms with E-state index in [1.165, 1.54) is 17.0 Å². The standard InChI is InChI=1S/C27H34FN3O3/c1-6-17(4)25(32)30-24(16(2)3)27(34)31-22-10-8-7-9-19(22)14-23(31)26(33)29-15-20-13-21(28)12-11-18(20)5/h7-13,16-17,23-24H,6,14-15H2,1-5H3,(H,29,33)(H,30,32)/t17-,23+,24+/m1/s1. The van der Waals surface area contributed by atoms with Gasteiger partial charge in [0.05, 0.1) is 0 Å². The number of anilines is 1. The zero-order valence-electron chi connectivity index (χ0n) is 20.5. The number of nitrogens with zero attached hydrogens (tertiary/aromatic N) is 1. The molecule has 0 fully saturated rings. The van der Waals surface area contributed by atoms with Crippen molar-refractivity contribution in [2.45, 2.75) is 66.1 Å². The van der Waals surface area contributed by atoms with E-state index in [1.54, 1.807) is 6.07 Å². The van der Waals surface area contributed by atoms with Gasteiger partial charge in [-0.1, -0.05) is 52.0 Å². The second-order valence-corrected chi connectivity index (χ2v) is 9.39. The lowest BCUT2D eigenvalue weighted by molar-refractivity contribution is -0.131. The predicted octanol–water partition coefficient (Wildman–Crippen LogP) is 3.90. The lowest BCUT2D eigenvalue weighted by Crippen LogP contribution is -2.57. The van der Waals surface area contributed by atoms with E-state index in [2.05, 4.69) is 10.6 Å². The average Bonchev–Trinajstić information content (AvgIpc) is 3.21. The zero-order chi connectivity index (χ0) is 25.0. The molecule has 0 bridgehead atoms. The lowest BCUT2D eigenvalue weighted by Gasteiger charge is -2.31. The van der Waals surface area contributed by atoms with E-state index in [4.69, 9.17) is 0 Å². The molecule has 1 heterocycles. The van der Waals surface area contributed by atoms with Crippen LogP contribution in [0.5, 0.6) is 0 Å². The van der Waals surface area contributed by atoms with Crippen LogP contribution >= 0.6 is 0 Å². The smallest absolute Gasteiger partial charge is 0.250 e. The molecule has 0 radical (unpaired) electrons. The van der Waals surface area contributed by atoms with Crippen LogP contribution in [0.15, 0.2) is 42.5 Å². The predicted molar refractivity (Wildman–Crippen MR) is 131 cm³/mol. The second-order valence-electron chi connectivity index (χ2n) is 9.39. The first kappa shape index (κ1) is 25.4. The summed E-state index contributed by atoms with van der Waals surface area (Å²) in [5, 5.41) is 5.78. The quantitative estimate of drug-likeness (QED) is 0.618. The maximum atomic E-state index is 13.8. The van der Waals surface area contributed by atoms with Crippen LogP contribution in [0, 0.1) is 24.6 Å². The van der Waals surface area contributed by atoms with Gasteiger partial charge in [-0.3, -0.25) is 19.3 Å². The Labute approximate surface area is 200 Å². The number of hydrogen-bond acceptors (Lipinski definition) is 3. The minimum Gasteiger partial charge on any atom is -0.350 e. The molecule has 2 N–H and O–H groups in total. The van der Waals surface area contributed by atoms with Crippen molar-refractivity contribution in [1.82, 2.24) is 10.6 Å². The number of amides is 3. The van der Waals surface area contributed by atoms with E-state index in [0.29, 0.717) is 24.1 Å². The van der Waals surface area contributed by atoms with Gasteiger partial charge in [0.25, 0.3) is 5.91 Å². The van der Waals surface area contributed by atoms with Gasteiger partial charge in [-0.15, -0.1) is 0 Å². The van der Waals surface area contributed by atoms with E-state index >= 15 is 0 Å². The van der Waals surface area contributed by atoms with Gasteiger partial charge in [0, 0.05) is 24.6 Å². The van der Waals surface area contributed by atoms with Gasteiger partial charge in [0.1, 0.15) is 17.9 Å². The molecule has 3 rings (SSSR count). The normalized spacial score (nSPS) is 16.7. The number of benzene rings is 2. The number of rotatable bonds is 8. The first-order valence-corrected chi connectivity index (χ1v) is 11.9. The summed E-state index contributed by atoms with van der Waals surface area (Å²) in [4.78, 5) is 41.2. The minimum absolute atomic E-state index is 0.160. The van der Waals surface area contributed by atoms with Crippen molar-refractivity contribution in [3.05, 3.63) is 65.0 Å². The van der Waals surface area contributed by atoms with Crippen LogP contribution in [-0.4, -0.2) is 29.8 Å². The van der Waals surface area contributed by atoms with Crippen molar-refractivity contribution in [3.8, 4) is 0 Å².